The average Bonchev–Trinajstić information content (AvgIpc) is 2.82. The highest BCUT2D eigenvalue weighted by Crippen LogP contribution is 2.23. The maximum Gasteiger partial charge on any atom is 0.338 e. The van der Waals surface area contributed by atoms with Crippen LogP contribution in [0.15, 0.2) is 29.6 Å². The third kappa shape index (κ3) is 3.24. The molecule has 4 nitrogen and oxygen atoms in total. The van der Waals surface area contributed by atoms with E-state index in [1.165, 1.54) is 17.4 Å². The zero-order valence-electron chi connectivity index (χ0n) is 11.3. The predicted molar refractivity (Wildman–Crippen MR) is 79.5 cm³/mol. The number of hydrogen-bond acceptors (Lipinski definition) is 3. The monoisotopic (exact) mass is 289 g/mol. The van der Waals surface area contributed by atoms with Gasteiger partial charge in [0.15, 0.2) is 0 Å². The van der Waals surface area contributed by atoms with Gasteiger partial charge in [0.05, 0.1) is 12.0 Å². The molecule has 20 heavy (non-hydrogen) atoms. The Balaban J connectivity index is 2.11. The molecule has 0 unspecified atom stereocenters. The van der Waals surface area contributed by atoms with Crippen LogP contribution in [0.1, 0.15) is 27.0 Å². The molecule has 0 saturated heterocycles. The number of anilines is 1. The van der Waals surface area contributed by atoms with Crippen LogP contribution in [0, 0.1) is 13.8 Å². The van der Waals surface area contributed by atoms with Crippen LogP contribution in [0.2, 0.25) is 0 Å². The van der Waals surface area contributed by atoms with Gasteiger partial charge in [-0.15, -0.1) is 11.3 Å². The molecule has 2 N–H and O–H groups in total. The number of carboxylic acids is 1. The average molecular weight is 289 g/mol. The van der Waals surface area contributed by atoms with E-state index in [0.29, 0.717) is 5.00 Å². The second-order valence-corrected chi connectivity index (χ2v) is 5.54. The van der Waals surface area contributed by atoms with Crippen molar-refractivity contribution in [2.24, 2.45) is 0 Å². The molecule has 5 heteroatoms. The molecule has 0 aliphatic carbocycles. The largest absolute Gasteiger partial charge is 0.478 e. The molecule has 0 atom stereocenters. The molecule has 1 heterocycles. The molecule has 0 aliphatic rings. The molecule has 0 fully saturated rings. The second kappa shape index (κ2) is 5.88. The Bertz CT molecular complexity index is 661. The first-order valence-electron chi connectivity index (χ1n) is 6.14. The molecule has 0 aliphatic heterocycles. The lowest BCUT2D eigenvalue weighted by molar-refractivity contribution is -0.115. The van der Waals surface area contributed by atoms with Crippen molar-refractivity contribution >= 4 is 28.2 Å². The summed E-state index contributed by atoms with van der Waals surface area (Å²) < 4.78 is 0. The van der Waals surface area contributed by atoms with Crippen molar-refractivity contribution in [2.45, 2.75) is 20.3 Å². The Labute approximate surface area is 121 Å². The van der Waals surface area contributed by atoms with Gasteiger partial charge in [0.1, 0.15) is 5.00 Å². The molecule has 104 valence electrons. The summed E-state index contributed by atoms with van der Waals surface area (Å²) in [4.78, 5) is 23.0. The molecule has 2 rings (SSSR count). The summed E-state index contributed by atoms with van der Waals surface area (Å²) in [5, 5.41) is 13.7. The minimum absolute atomic E-state index is 0.129. The molecular weight excluding hydrogens is 274 g/mol. The van der Waals surface area contributed by atoms with Crippen LogP contribution in [-0.4, -0.2) is 17.0 Å². The van der Waals surface area contributed by atoms with E-state index < -0.39 is 5.97 Å². The van der Waals surface area contributed by atoms with Crippen LogP contribution in [0.25, 0.3) is 0 Å². The zero-order valence-corrected chi connectivity index (χ0v) is 12.1. The van der Waals surface area contributed by atoms with E-state index in [0.717, 1.165) is 16.7 Å². The number of thiophene rings is 1. The van der Waals surface area contributed by atoms with Gasteiger partial charge >= 0.3 is 5.97 Å². The van der Waals surface area contributed by atoms with Crippen molar-refractivity contribution in [3.05, 3.63) is 51.9 Å². The zero-order chi connectivity index (χ0) is 14.7. The van der Waals surface area contributed by atoms with Crippen LogP contribution < -0.4 is 5.32 Å². The first-order chi connectivity index (χ1) is 9.47. The molecular formula is C15H15NO3S. The van der Waals surface area contributed by atoms with Crippen molar-refractivity contribution in [3.8, 4) is 0 Å². The number of hydrogen-bond donors (Lipinski definition) is 2. The van der Waals surface area contributed by atoms with Crippen molar-refractivity contribution in [3.63, 3.8) is 0 Å². The molecule has 0 radical (unpaired) electrons. The van der Waals surface area contributed by atoms with Crippen molar-refractivity contribution < 1.29 is 14.7 Å². The maximum absolute atomic E-state index is 12.0. The summed E-state index contributed by atoms with van der Waals surface area (Å²) in [7, 11) is 0. The van der Waals surface area contributed by atoms with E-state index in [2.05, 4.69) is 5.32 Å². The van der Waals surface area contributed by atoms with Gasteiger partial charge < -0.3 is 10.4 Å². The van der Waals surface area contributed by atoms with Gasteiger partial charge in [0.25, 0.3) is 0 Å². The van der Waals surface area contributed by atoms with Crippen LogP contribution >= 0.6 is 11.3 Å². The lowest BCUT2D eigenvalue weighted by Gasteiger charge is -2.08. The van der Waals surface area contributed by atoms with E-state index >= 15 is 0 Å². The quantitative estimate of drug-likeness (QED) is 0.908. The summed E-state index contributed by atoms with van der Waals surface area (Å²) in [5.74, 6) is -1.24. The number of aromatic carboxylic acids is 1. The molecule has 2 aromatic rings. The van der Waals surface area contributed by atoms with E-state index in [-0.39, 0.29) is 17.9 Å². The number of carbonyl (C=O) groups is 2. The number of carboxylic acid groups (broad SMARTS) is 1. The smallest absolute Gasteiger partial charge is 0.338 e. The Morgan fingerprint density at radius 3 is 2.70 bits per heavy atom. The van der Waals surface area contributed by atoms with Crippen LogP contribution in [-0.2, 0) is 11.2 Å². The standard InChI is InChI=1S/C15H15NO3S/c1-9-3-4-10(2)11(7-9)8-13(17)16-14-12(15(18)19)5-6-20-14/h3-7H,8H2,1-2H3,(H,16,17)(H,18,19). The SMILES string of the molecule is Cc1ccc(C)c(CC(=O)Nc2sccc2C(=O)O)c1. The van der Waals surface area contributed by atoms with Crippen LogP contribution in [0.5, 0.6) is 0 Å². The highest BCUT2D eigenvalue weighted by atomic mass is 32.1. The van der Waals surface area contributed by atoms with E-state index in [1.54, 1.807) is 5.38 Å². The predicted octanol–water partition coefficient (Wildman–Crippen LogP) is 3.24. The van der Waals surface area contributed by atoms with Crippen molar-refractivity contribution in [1.82, 2.24) is 0 Å². The minimum atomic E-state index is -1.03. The van der Waals surface area contributed by atoms with Crippen LogP contribution in [0.3, 0.4) is 0 Å². The summed E-state index contributed by atoms with van der Waals surface area (Å²) >= 11 is 1.21. The molecule has 0 spiro atoms. The molecule has 1 amide bonds. The first-order valence-corrected chi connectivity index (χ1v) is 7.02. The highest BCUT2D eigenvalue weighted by Gasteiger charge is 2.14. The number of nitrogens with one attached hydrogen (secondary N) is 1. The number of amides is 1. The summed E-state index contributed by atoms with van der Waals surface area (Å²) in [6.07, 6.45) is 0.241. The Morgan fingerprint density at radius 2 is 2.00 bits per heavy atom. The van der Waals surface area contributed by atoms with Crippen LogP contribution in [0.4, 0.5) is 5.00 Å². The fourth-order valence-corrected chi connectivity index (χ4v) is 2.70. The van der Waals surface area contributed by atoms with Gasteiger partial charge in [-0.3, -0.25) is 4.79 Å². The first kappa shape index (κ1) is 14.3. The number of rotatable bonds is 4. The minimum Gasteiger partial charge on any atom is -0.478 e. The van der Waals surface area contributed by atoms with Gasteiger partial charge in [-0.1, -0.05) is 23.8 Å². The Hall–Kier alpha value is -2.14. The van der Waals surface area contributed by atoms with Crippen molar-refractivity contribution in [2.75, 3.05) is 5.32 Å². The second-order valence-electron chi connectivity index (χ2n) is 4.62. The van der Waals surface area contributed by atoms with E-state index in [1.807, 2.05) is 32.0 Å². The molecule has 0 saturated carbocycles. The van der Waals surface area contributed by atoms with Gasteiger partial charge in [0.2, 0.25) is 5.91 Å². The molecule has 1 aromatic carbocycles. The number of aryl methyl sites for hydroxylation is 2. The molecule has 0 bridgehead atoms. The topological polar surface area (TPSA) is 66.4 Å². The van der Waals surface area contributed by atoms with Gasteiger partial charge in [-0.2, -0.15) is 0 Å². The fourth-order valence-electron chi connectivity index (χ4n) is 1.91. The molecule has 1 aromatic heterocycles. The summed E-state index contributed by atoms with van der Waals surface area (Å²) in [6, 6.07) is 7.44. The van der Waals surface area contributed by atoms with Gasteiger partial charge in [-0.05, 0) is 36.4 Å². The Morgan fingerprint density at radius 1 is 1.25 bits per heavy atom. The van der Waals surface area contributed by atoms with Gasteiger partial charge in [-0.25, -0.2) is 4.79 Å². The fraction of sp³-hybridized carbons (Fsp3) is 0.200. The van der Waals surface area contributed by atoms with E-state index in [9.17, 15) is 9.59 Å². The third-order valence-electron chi connectivity index (χ3n) is 3.00. The normalized spacial score (nSPS) is 10.3. The van der Waals surface area contributed by atoms with Gasteiger partial charge in [0, 0.05) is 0 Å². The lowest BCUT2D eigenvalue weighted by Crippen LogP contribution is -2.16. The number of carbonyl (C=O) groups excluding carboxylic acids is 1. The maximum atomic E-state index is 12.0. The lowest BCUT2D eigenvalue weighted by atomic mass is 10.0. The third-order valence-corrected chi connectivity index (χ3v) is 3.83. The highest BCUT2D eigenvalue weighted by molar-refractivity contribution is 7.14. The summed E-state index contributed by atoms with van der Waals surface area (Å²) in [6.45, 7) is 3.93. The Kier molecular flexibility index (Phi) is 4.20. The summed E-state index contributed by atoms with van der Waals surface area (Å²) in [5.41, 5.74) is 3.23. The number of benzene rings is 1. The van der Waals surface area contributed by atoms with E-state index in [4.69, 9.17) is 5.11 Å². The van der Waals surface area contributed by atoms with Crippen molar-refractivity contribution in [1.29, 1.82) is 0 Å².